The van der Waals surface area contributed by atoms with E-state index in [0.29, 0.717) is 12.6 Å². The van der Waals surface area contributed by atoms with Crippen molar-refractivity contribution in [3.63, 3.8) is 0 Å². The van der Waals surface area contributed by atoms with Crippen molar-refractivity contribution in [2.45, 2.75) is 64.1 Å². The van der Waals surface area contributed by atoms with E-state index in [1.165, 1.54) is 12.8 Å². The maximum atomic E-state index is 11.8. The molecule has 21 heavy (non-hydrogen) atoms. The number of aromatic nitrogens is 2. The highest BCUT2D eigenvalue weighted by Crippen LogP contribution is 2.17. The summed E-state index contributed by atoms with van der Waals surface area (Å²) in [4.78, 5) is 23.5. The van der Waals surface area contributed by atoms with Crippen molar-refractivity contribution in [3.05, 3.63) is 18.5 Å². The van der Waals surface area contributed by atoms with Crippen LogP contribution in [0.5, 0.6) is 0 Å². The minimum atomic E-state index is -0.0868. The second-order valence-corrected chi connectivity index (χ2v) is 5.75. The zero-order valence-electron chi connectivity index (χ0n) is 12.5. The Labute approximate surface area is 125 Å². The molecule has 0 spiro atoms. The predicted molar refractivity (Wildman–Crippen MR) is 79.5 cm³/mol. The van der Waals surface area contributed by atoms with Crippen LogP contribution in [0.1, 0.15) is 45.4 Å². The van der Waals surface area contributed by atoms with Gasteiger partial charge in [0, 0.05) is 37.3 Å². The van der Waals surface area contributed by atoms with Crippen LogP contribution in [0, 0.1) is 0 Å². The summed E-state index contributed by atoms with van der Waals surface area (Å²) in [5.74, 6) is -0.104. The topological polar surface area (TPSA) is 76.0 Å². The van der Waals surface area contributed by atoms with Gasteiger partial charge in [-0.05, 0) is 25.8 Å². The first kappa shape index (κ1) is 15.5. The van der Waals surface area contributed by atoms with Crippen molar-refractivity contribution in [2.24, 2.45) is 0 Å². The van der Waals surface area contributed by atoms with Gasteiger partial charge in [0.15, 0.2) is 0 Å². The van der Waals surface area contributed by atoms with Crippen LogP contribution in [-0.4, -0.2) is 33.7 Å². The van der Waals surface area contributed by atoms with Crippen LogP contribution in [0.2, 0.25) is 0 Å². The van der Waals surface area contributed by atoms with E-state index < -0.39 is 0 Å². The molecule has 1 atom stereocenters. The minimum absolute atomic E-state index is 0.00436. The summed E-state index contributed by atoms with van der Waals surface area (Å²) < 4.78 is 1.78. The summed E-state index contributed by atoms with van der Waals surface area (Å²) in [6.07, 6.45) is 8.59. The van der Waals surface area contributed by atoms with Crippen molar-refractivity contribution < 1.29 is 9.59 Å². The third-order valence-electron chi connectivity index (χ3n) is 3.73. The van der Waals surface area contributed by atoms with Gasteiger partial charge in [0.2, 0.25) is 11.8 Å². The fourth-order valence-electron chi connectivity index (χ4n) is 2.68. The third kappa shape index (κ3) is 5.57. The van der Waals surface area contributed by atoms with E-state index in [0.717, 1.165) is 12.8 Å². The van der Waals surface area contributed by atoms with Gasteiger partial charge < -0.3 is 10.6 Å². The Hall–Kier alpha value is -1.85. The van der Waals surface area contributed by atoms with Crippen molar-refractivity contribution >= 4 is 11.8 Å². The van der Waals surface area contributed by atoms with Gasteiger partial charge in [0.1, 0.15) is 0 Å². The highest BCUT2D eigenvalue weighted by Gasteiger charge is 2.17. The Balaban J connectivity index is 1.61. The highest BCUT2D eigenvalue weighted by atomic mass is 16.2. The zero-order valence-corrected chi connectivity index (χ0v) is 12.5. The number of carbonyl (C=O) groups is 2. The monoisotopic (exact) mass is 292 g/mol. The second-order valence-electron chi connectivity index (χ2n) is 5.75. The summed E-state index contributed by atoms with van der Waals surface area (Å²) in [5.41, 5.74) is 0. The summed E-state index contributed by atoms with van der Waals surface area (Å²) in [6, 6.07) is 2.16. The lowest BCUT2D eigenvalue weighted by atomic mass is 10.2. The molecule has 0 aliphatic heterocycles. The van der Waals surface area contributed by atoms with Crippen LogP contribution in [-0.2, 0) is 16.1 Å². The van der Waals surface area contributed by atoms with Crippen molar-refractivity contribution in [3.8, 4) is 0 Å². The molecule has 1 heterocycles. The quantitative estimate of drug-likeness (QED) is 0.793. The molecule has 6 nitrogen and oxygen atoms in total. The molecule has 0 unspecified atom stereocenters. The molecule has 1 aromatic rings. The average molecular weight is 292 g/mol. The van der Waals surface area contributed by atoms with Crippen molar-refractivity contribution in [1.29, 1.82) is 0 Å². The number of nitrogens with zero attached hydrogens (tertiary/aromatic N) is 2. The molecule has 0 bridgehead atoms. The molecular weight excluding hydrogens is 268 g/mol. The Morgan fingerprint density at radius 1 is 1.29 bits per heavy atom. The lowest BCUT2D eigenvalue weighted by Gasteiger charge is -2.15. The van der Waals surface area contributed by atoms with Gasteiger partial charge in [-0.15, -0.1) is 0 Å². The van der Waals surface area contributed by atoms with Gasteiger partial charge in [0.25, 0.3) is 0 Å². The number of nitrogens with one attached hydrogen (secondary N) is 2. The van der Waals surface area contributed by atoms with Crippen LogP contribution < -0.4 is 10.6 Å². The normalized spacial score (nSPS) is 16.6. The fraction of sp³-hybridized carbons (Fsp3) is 0.667. The van der Waals surface area contributed by atoms with Gasteiger partial charge in [-0.2, -0.15) is 5.10 Å². The van der Waals surface area contributed by atoms with Gasteiger partial charge in [-0.3, -0.25) is 14.3 Å². The number of hydrogen-bond donors (Lipinski definition) is 2. The molecule has 1 saturated carbocycles. The van der Waals surface area contributed by atoms with E-state index in [1.54, 1.807) is 10.9 Å². The van der Waals surface area contributed by atoms with Gasteiger partial charge in [0.05, 0.1) is 6.54 Å². The van der Waals surface area contributed by atoms with Crippen LogP contribution in [0.15, 0.2) is 18.5 Å². The summed E-state index contributed by atoms with van der Waals surface area (Å²) in [6.45, 7) is 2.56. The first-order valence-electron chi connectivity index (χ1n) is 7.69. The molecule has 1 aromatic heterocycles. The SMILES string of the molecule is C[C@H](Cn1cccn1)NC(=O)CCC(=O)NC1CCCC1. The predicted octanol–water partition coefficient (Wildman–Crippen LogP) is 1.23. The lowest BCUT2D eigenvalue weighted by molar-refractivity contribution is -0.127. The Morgan fingerprint density at radius 3 is 2.67 bits per heavy atom. The van der Waals surface area contributed by atoms with E-state index in [2.05, 4.69) is 15.7 Å². The zero-order chi connectivity index (χ0) is 15.1. The number of hydrogen-bond acceptors (Lipinski definition) is 3. The summed E-state index contributed by atoms with van der Waals surface area (Å²) in [7, 11) is 0. The highest BCUT2D eigenvalue weighted by molar-refractivity contribution is 5.83. The Morgan fingerprint density at radius 2 is 2.00 bits per heavy atom. The van der Waals surface area contributed by atoms with E-state index >= 15 is 0 Å². The smallest absolute Gasteiger partial charge is 0.220 e. The van der Waals surface area contributed by atoms with Crippen molar-refractivity contribution in [1.82, 2.24) is 20.4 Å². The van der Waals surface area contributed by atoms with E-state index in [1.807, 2.05) is 19.2 Å². The minimum Gasteiger partial charge on any atom is -0.353 e. The largest absolute Gasteiger partial charge is 0.353 e. The maximum Gasteiger partial charge on any atom is 0.220 e. The first-order valence-corrected chi connectivity index (χ1v) is 7.69. The number of amides is 2. The molecule has 1 fully saturated rings. The van der Waals surface area contributed by atoms with E-state index in [4.69, 9.17) is 0 Å². The van der Waals surface area contributed by atoms with Crippen molar-refractivity contribution in [2.75, 3.05) is 0 Å². The molecule has 1 aliphatic carbocycles. The first-order chi connectivity index (χ1) is 10.1. The standard InChI is InChI=1S/C15H24N4O2/c1-12(11-19-10-4-9-16-19)17-14(20)7-8-15(21)18-13-5-2-3-6-13/h4,9-10,12-13H,2-3,5-8,11H2,1H3,(H,17,20)(H,18,21)/t12-/m1/s1. The van der Waals surface area contributed by atoms with Gasteiger partial charge >= 0.3 is 0 Å². The molecule has 0 aromatic carbocycles. The van der Waals surface area contributed by atoms with E-state index in [-0.39, 0.29) is 30.7 Å². The third-order valence-corrected chi connectivity index (χ3v) is 3.73. The molecular formula is C15H24N4O2. The van der Waals surface area contributed by atoms with Gasteiger partial charge in [-0.1, -0.05) is 12.8 Å². The molecule has 0 radical (unpaired) electrons. The average Bonchev–Trinajstić information content (AvgIpc) is 3.10. The van der Waals surface area contributed by atoms with Crippen LogP contribution >= 0.6 is 0 Å². The van der Waals surface area contributed by atoms with Crippen LogP contribution in [0.3, 0.4) is 0 Å². The fourth-order valence-corrected chi connectivity index (χ4v) is 2.68. The number of carbonyl (C=O) groups excluding carboxylic acids is 2. The van der Waals surface area contributed by atoms with E-state index in [9.17, 15) is 9.59 Å². The van der Waals surface area contributed by atoms with Crippen LogP contribution in [0.4, 0.5) is 0 Å². The lowest BCUT2D eigenvalue weighted by Crippen LogP contribution is -2.37. The van der Waals surface area contributed by atoms with Gasteiger partial charge in [-0.25, -0.2) is 0 Å². The molecule has 2 rings (SSSR count). The Kier molecular flexibility index (Phi) is 5.78. The second kappa shape index (κ2) is 7.81. The summed E-state index contributed by atoms with van der Waals surface area (Å²) in [5, 5.41) is 9.97. The molecule has 0 saturated heterocycles. The molecule has 2 N–H and O–H groups in total. The molecule has 2 amide bonds. The van der Waals surface area contributed by atoms with Crippen LogP contribution in [0.25, 0.3) is 0 Å². The maximum absolute atomic E-state index is 11.8. The molecule has 116 valence electrons. The molecule has 1 aliphatic rings. The number of rotatable bonds is 7. The Bertz CT molecular complexity index is 452. The summed E-state index contributed by atoms with van der Waals surface area (Å²) >= 11 is 0. The molecule has 6 heteroatoms.